The zero-order valence-electron chi connectivity index (χ0n) is 16.0. The lowest BCUT2D eigenvalue weighted by atomic mass is 10.1. The first-order chi connectivity index (χ1) is 14.3. The van der Waals surface area contributed by atoms with Gasteiger partial charge in [-0.3, -0.25) is 4.79 Å². The summed E-state index contributed by atoms with van der Waals surface area (Å²) in [4.78, 5) is 12.4. The summed E-state index contributed by atoms with van der Waals surface area (Å²) in [6, 6.07) is 14.0. The zero-order chi connectivity index (χ0) is 21.5. The van der Waals surface area contributed by atoms with Gasteiger partial charge < -0.3 is 9.67 Å². The van der Waals surface area contributed by atoms with Crippen LogP contribution in [-0.2, 0) is 27.6 Å². The first-order valence-corrected chi connectivity index (χ1v) is 11.5. The summed E-state index contributed by atoms with van der Waals surface area (Å²) >= 11 is 1.31. The van der Waals surface area contributed by atoms with Gasteiger partial charge >= 0.3 is 5.97 Å². The van der Waals surface area contributed by atoms with Crippen molar-refractivity contribution < 1.29 is 22.7 Å². The number of aliphatic carboxylic acids is 1. The topological polar surface area (TPSA) is 76.4 Å². The second-order valence-corrected chi connectivity index (χ2v) is 9.83. The van der Waals surface area contributed by atoms with Crippen molar-refractivity contribution in [2.75, 3.05) is 0 Å². The minimum Gasteiger partial charge on any atom is -0.480 e. The largest absolute Gasteiger partial charge is 0.480 e. The molecule has 0 atom stereocenters. The first-order valence-electron chi connectivity index (χ1n) is 9.14. The lowest BCUT2D eigenvalue weighted by molar-refractivity contribution is -0.137. The Hall–Kier alpha value is -2.97. The smallest absolute Gasteiger partial charge is 0.323 e. The lowest BCUT2D eigenvalue weighted by Gasteiger charge is -2.08. The van der Waals surface area contributed by atoms with E-state index in [9.17, 15) is 22.7 Å². The Labute approximate surface area is 176 Å². The van der Waals surface area contributed by atoms with Crippen molar-refractivity contribution in [1.82, 2.24) is 4.57 Å². The van der Waals surface area contributed by atoms with Gasteiger partial charge in [0.15, 0.2) is 0 Å². The van der Waals surface area contributed by atoms with Crippen LogP contribution < -0.4 is 0 Å². The summed E-state index contributed by atoms with van der Waals surface area (Å²) in [5.74, 6) is -1.44. The van der Waals surface area contributed by atoms with Gasteiger partial charge in [-0.2, -0.15) is 0 Å². The van der Waals surface area contributed by atoms with E-state index in [0.717, 1.165) is 5.56 Å². The third kappa shape index (κ3) is 3.53. The first kappa shape index (κ1) is 20.3. The van der Waals surface area contributed by atoms with Crippen molar-refractivity contribution in [3.63, 3.8) is 0 Å². The molecule has 2 aromatic carbocycles. The molecule has 4 rings (SSSR count). The molecule has 154 valence electrons. The number of carboxylic acids is 1. The molecule has 0 radical (unpaired) electrons. The van der Waals surface area contributed by atoms with E-state index in [1.165, 1.54) is 23.5 Å². The van der Waals surface area contributed by atoms with Crippen LogP contribution in [0.3, 0.4) is 0 Å². The molecule has 0 spiro atoms. The maximum absolute atomic E-state index is 14.0. The highest BCUT2D eigenvalue weighted by atomic mass is 32.2. The molecule has 0 fully saturated rings. The molecule has 0 unspecified atom stereocenters. The van der Waals surface area contributed by atoms with Gasteiger partial charge in [-0.05, 0) is 54.3 Å². The van der Waals surface area contributed by atoms with E-state index in [4.69, 9.17) is 0 Å². The Morgan fingerprint density at radius 1 is 1.13 bits per heavy atom. The molecular formula is C22H18FNO4S2. The SMILES string of the molecule is Cc1c(Cc2sccc2S(=O)(=O)c2ccccc2)c2cc(F)ccc2n1CC(=O)O. The Bertz CT molecular complexity index is 1350. The van der Waals surface area contributed by atoms with Crippen LogP contribution in [0.1, 0.15) is 16.1 Å². The summed E-state index contributed by atoms with van der Waals surface area (Å²) in [5.41, 5.74) is 2.00. The van der Waals surface area contributed by atoms with Crippen LogP contribution in [-0.4, -0.2) is 24.1 Å². The van der Waals surface area contributed by atoms with Crippen molar-refractivity contribution in [2.24, 2.45) is 0 Å². The fourth-order valence-electron chi connectivity index (χ4n) is 3.67. The third-order valence-electron chi connectivity index (χ3n) is 5.09. The summed E-state index contributed by atoms with van der Waals surface area (Å²) in [7, 11) is -3.70. The minimum absolute atomic E-state index is 0.209. The fraction of sp³-hybridized carbons (Fsp3) is 0.136. The molecule has 5 nitrogen and oxygen atoms in total. The molecule has 0 bridgehead atoms. The minimum atomic E-state index is -3.70. The highest BCUT2D eigenvalue weighted by molar-refractivity contribution is 7.91. The van der Waals surface area contributed by atoms with E-state index >= 15 is 0 Å². The summed E-state index contributed by atoms with van der Waals surface area (Å²) in [6.07, 6.45) is 0.261. The van der Waals surface area contributed by atoms with Gasteiger partial charge in [-0.15, -0.1) is 11.3 Å². The number of carbonyl (C=O) groups is 1. The van der Waals surface area contributed by atoms with Crippen LogP contribution in [0.5, 0.6) is 0 Å². The molecule has 2 heterocycles. The van der Waals surface area contributed by atoms with Crippen LogP contribution in [0.15, 0.2) is 69.8 Å². The number of thiophene rings is 1. The van der Waals surface area contributed by atoms with Crippen LogP contribution in [0.2, 0.25) is 0 Å². The van der Waals surface area contributed by atoms with Gasteiger partial charge in [0, 0.05) is 27.9 Å². The van der Waals surface area contributed by atoms with E-state index in [1.807, 2.05) is 0 Å². The maximum Gasteiger partial charge on any atom is 0.323 e. The second-order valence-electron chi connectivity index (χ2n) is 6.91. The number of rotatable bonds is 6. The van der Waals surface area contributed by atoms with Gasteiger partial charge in [0.05, 0.1) is 9.79 Å². The van der Waals surface area contributed by atoms with E-state index in [-0.39, 0.29) is 22.8 Å². The molecule has 0 amide bonds. The Morgan fingerprint density at radius 2 is 1.87 bits per heavy atom. The monoisotopic (exact) mass is 443 g/mol. The maximum atomic E-state index is 14.0. The van der Waals surface area contributed by atoms with Gasteiger partial charge in [0.25, 0.3) is 0 Å². The number of hydrogen-bond acceptors (Lipinski definition) is 4. The standard InChI is InChI=1S/C22H18FNO4S2/c1-14-17(18-11-15(23)7-8-19(18)24(14)13-22(25)26)12-20-21(9-10-29-20)30(27,28)16-5-3-2-4-6-16/h2-11H,12-13H2,1H3,(H,25,26). The van der Waals surface area contributed by atoms with Gasteiger partial charge in [-0.25, -0.2) is 12.8 Å². The van der Waals surface area contributed by atoms with Gasteiger partial charge in [-0.1, -0.05) is 18.2 Å². The highest BCUT2D eigenvalue weighted by Gasteiger charge is 2.24. The van der Waals surface area contributed by atoms with Crippen LogP contribution >= 0.6 is 11.3 Å². The molecular weight excluding hydrogens is 425 g/mol. The molecule has 30 heavy (non-hydrogen) atoms. The molecule has 2 aromatic heterocycles. The average Bonchev–Trinajstić information content (AvgIpc) is 3.28. The average molecular weight is 444 g/mol. The Morgan fingerprint density at radius 3 is 2.57 bits per heavy atom. The number of sulfone groups is 1. The summed E-state index contributed by atoms with van der Waals surface area (Å²) < 4.78 is 41.8. The Balaban J connectivity index is 1.84. The number of fused-ring (bicyclic) bond motifs is 1. The number of hydrogen-bond donors (Lipinski definition) is 1. The summed E-state index contributed by atoms with van der Waals surface area (Å²) in [6.45, 7) is 1.52. The molecule has 0 saturated heterocycles. The van der Waals surface area contributed by atoms with Crippen molar-refractivity contribution in [1.29, 1.82) is 0 Å². The van der Waals surface area contributed by atoms with Gasteiger partial charge in [0.2, 0.25) is 9.84 Å². The zero-order valence-corrected chi connectivity index (χ0v) is 17.6. The number of carboxylic acid groups (broad SMARTS) is 1. The molecule has 0 aliphatic carbocycles. The molecule has 0 aliphatic rings. The van der Waals surface area contributed by atoms with Crippen LogP contribution in [0, 0.1) is 12.7 Å². The number of benzene rings is 2. The van der Waals surface area contributed by atoms with Crippen molar-refractivity contribution in [2.45, 2.75) is 29.7 Å². The fourth-order valence-corrected chi connectivity index (χ4v) is 6.40. The molecule has 8 heteroatoms. The highest BCUT2D eigenvalue weighted by Crippen LogP contribution is 2.34. The van der Waals surface area contributed by atoms with Crippen molar-refractivity contribution in [3.8, 4) is 0 Å². The summed E-state index contributed by atoms with van der Waals surface area (Å²) in [5, 5.41) is 11.6. The van der Waals surface area contributed by atoms with E-state index in [1.54, 1.807) is 59.3 Å². The number of aromatic nitrogens is 1. The van der Waals surface area contributed by atoms with Gasteiger partial charge in [0.1, 0.15) is 12.4 Å². The molecule has 1 N–H and O–H groups in total. The predicted molar refractivity (Wildman–Crippen MR) is 113 cm³/mol. The van der Waals surface area contributed by atoms with E-state index < -0.39 is 21.6 Å². The normalized spacial score (nSPS) is 11.8. The Kier molecular flexibility index (Phi) is 5.21. The van der Waals surface area contributed by atoms with Crippen molar-refractivity contribution in [3.05, 3.63) is 81.9 Å². The molecule has 0 aliphatic heterocycles. The number of nitrogens with zero attached hydrogens (tertiary/aromatic N) is 1. The van der Waals surface area contributed by atoms with E-state index in [2.05, 4.69) is 0 Å². The van der Waals surface area contributed by atoms with E-state index in [0.29, 0.717) is 21.5 Å². The lowest BCUT2D eigenvalue weighted by Crippen LogP contribution is -2.10. The van der Waals surface area contributed by atoms with Crippen LogP contribution in [0.4, 0.5) is 4.39 Å². The predicted octanol–water partition coefficient (Wildman–Crippen LogP) is 4.66. The quantitative estimate of drug-likeness (QED) is 0.470. The third-order valence-corrected chi connectivity index (χ3v) is 8.00. The second kappa shape index (κ2) is 7.70. The molecule has 0 saturated carbocycles. The van der Waals surface area contributed by atoms with Crippen LogP contribution in [0.25, 0.3) is 10.9 Å². The van der Waals surface area contributed by atoms with Crippen molar-refractivity contribution >= 4 is 38.0 Å². The molecule has 4 aromatic rings. The number of halogens is 1.